The molecular weight excluding hydrogens is 382 g/mol. The van der Waals surface area contributed by atoms with Gasteiger partial charge in [-0.25, -0.2) is 0 Å². The van der Waals surface area contributed by atoms with Crippen LogP contribution in [0.3, 0.4) is 0 Å². The normalized spacial score (nSPS) is 20.8. The van der Waals surface area contributed by atoms with Crippen molar-refractivity contribution in [2.24, 2.45) is 11.8 Å². The Balaban J connectivity index is 1.84. The number of carbonyl (C=O) groups is 3. The van der Waals surface area contributed by atoms with Crippen LogP contribution in [0.2, 0.25) is 0 Å². The van der Waals surface area contributed by atoms with Crippen LogP contribution < -0.4 is 5.32 Å². The zero-order valence-corrected chi connectivity index (χ0v) is 18.4. The molecule has 1 spiro atoms. The standard InChI is InChI=1S/C23H33N3O4/c1-16(2)14-24-20(27)19-15-30-23(10-12-25(13-11-23)21(28)17(3)4)26(19)22(29)18-8-6-5-7-9-18/h5-9,16-17,19H,10-15H2,1-4H3,(H,24,27). The highest BCUT2D eigenvalue weighted by Gasteiger charge is 2.54. The largest absolute Gasteiger partial charge is 0.354 e. The zero-order chi connectivity index (χ0) is 21.9. The van der Waals surface area contributed by atoms with E-state index in [1.54, 1.807) is 17.0 Å². The van der Waals surface area contributed by atoms with Gasteiger partial charge in [0, 0.05) is 44.0 Å². The summed E-state index contributed by atoms with van der Waals surface area (Å²) in [6.45, 7) is 9.57. The number of rotatable bonds is 5. The first-order chi connectivity index (χ1) is 14.2. The fourth-order valence-electron chi connectivity index (χ4n) is 4.15. The van der Waals surface area contributed by atoms with E-state index in [4.69, 9.17) is 4.74 Å². The van der Waals surface area contributed by atoms with E-state index in [0.717, 1.165) is 0 Å². The molecule has 0 aliphatic carbocycles. The second kappa shape index (κ2) is 9.16. The average Bonchev–Trinajstić information content (AvgIpc) is 3.10. The lowest BCUT2D eigenvalue weighted by Gasteiger charge is -2.44. The van der Waals surface area contributed by atoms with E-state index in [1.165, 1.54) is 0 Å². The number of benzene rings is 1. The summed E-state index contributed by atoms with van der Waals surface area (Å²) in [5.74, 6) is -0.0454. The molecule has 1 N–H and O–H groups in total. The van der Waals surface area contributed by atoms with Crippen molar-refractivity contribution in [3.63, 3.8) is 0 Å². The fourth-order valence-corrected chi connectivity index (χ4v) is 4.15. The lowest BCUT2D eigenvalue weighted by molar-refractivity contribution is -0.146. The van der Waals surface area contributed by atoms with E-state index in [0.29, 0.717) is 44.0 Å². The molecule has 3 amide bonds. The smallest absolute Gasteiger partial charge is 0.256 e. The van der Waals surface area contributed by atoms with Gasteiger partial charge in [0.1, 0.15) is 11.8 Å². The van der Waals surface area contributed by atoms with Gasteiger partial charge in [-0.05, 0) is 18.1 Å². The number of amides is 3. The van der Waals surface area contributed by atoms with Gasteiger partial charge in [0.15, 0.2) is 0 Å². The Morgan fingerprint density at radius 1 is 1.10 bits per heavy atom. The minimum atomic E-state index is -0.861. The van der Waals surface area contributed by atoms with Crippen LogP contribution in [-0.2, 0) is 14.3 Å². The van der Waals surface area contributed by atoms with Gasteiger partial charge >= 0.3 is 0 Å². The molecule has 3 rings (SSSR count). The molecule has 0 aromatic heterocycles. The molecular formula is C23H33N3O4. The summed E-state index contributed by atoms with van der Waals surface area (Å²) in [6.07, 6.45) is 0.996. The van der Waals surface area contributed by atoms with Crippen LogP contribution in [0.25, 0.3) is 0 Å². The van der Waals surface area contributed by atoms with Crippen molar-refractivity contribution in [2.45, 2.75) is 52.3 Å². The molecule has 2 saturated heterocycles. The Bertz CT molecular complexity index is 770. The van der Waals surface area contributed by atoms with E-state index in [9.17, 15) is 14.4 Å². The maximum atomic E-state index is 13.5. The Kier molecular flexibility index (Phi) is 6.81. The highest BCUT2D eigenvalue weighted by Crippen LogP contribution is 2.38. The van der Waals surface area contributed by atoms with Gasteiger partial charge in [-0.2, -0.15) is 0 Å². The minimum absolute atomic E-state index is 0.0693. The third kappa shape index (κ3) is 4.51. The summed E-state index contributed by atoms with van der Waals surface area (Å²) < 4.78 is 6.17. The van der Waals surface area contributed by atoms with Crippen molar-refractivity contribution in [1.29, 1.82) is 0 Å². The van der Waals surface area contributed by atoms with E-state index < -0.39 is 11.8 Å². The van der Waals surface area contributed by atoms with Gasteiger partial charge in [0.05, 0.1) is 6.61 Å². The highest BCUT2D eigenvalue weighted by molar-refractivity contribution is 5.98. The van der Waals surface area contributed by atoms with E-state index in [1.807, 2.05) is 50.8 Å². The monoisotopic (exact) mass is 415 g/mol. The van der Waals surface area contributed by atoms with Crippen LogP contribution in [0.4, 0.5) is 0 Å². The average molecular weight is 416 g/mol. The number of likely N-dealkylation sites (tertiary alicyclic amines) is 1. The molecule has 2 fully saturated rings. The van der Waals surface area contributed by atoms with Crippen LogP contribution in [-0.4, -0.2) is 65.5 Å². The minimum Gasteiger partial charge on any atom is -0.354 e. The summed E-state index contributed by atoms with van der Waals surface area (Å²) in [5, 5.41) is 2.95. The van der Waals surface area contributed by atoms with Gasteiger partial charge in [-0.3, -0.25) is 19.3 Å². The predicted octanol–water partition coefficient (Wildman–Crippen LogP) is 2.27. The van der Waals surface area contributed by atoms with Crippen molar-refractivity contribution < 1.29 is 19.1 Å². The maximum absolute atomic E-state index is 13.5. The zero-order valence-electron chi connectivity index (χ0n) is 18.4. The topological polar surface area (TPSA) is 79.0 Å². The third-order valence-electron chi connectivity index (χ3n) is 5.84. The van der Waals surface area contributed by atoms with Crippen LogP contribution in [0.15, 0.2) is 30.3 Å². The molecule has 164 valence electrons. The molecule has 0 bridgehead atoms. The number of piperidine rings is 1. The lowest BCUT2D eigenvalue weighted by atomic mass is 9.95. The molecule has 2 aliphatic rings. The molecule has 7 nitrogen and oxygen atoms in total. The van der Waals surface area contributed by atoms with Gasteiger partial charge < -0.3 is 15.0 Å². The summed E-state index contributed by atoms with van der Waals surface area (Å²) in [6, 6.07) is 8.33. The van der Waals surface area contributed by atoms with Crippen molar-refractivity contribution in [2.75, 3.05) is 26.2 Å². The summed E-state index contributed by atoms with van der Waals surface area (Å²) in [5.41, 5.74) is -0.328. The van der Waals surface area contributed by atoms with Crippen molar-refractivity contribution in [3.05, 3.63) is 35.9 Å². The molecule has 1 atom stereocenters. The Labute approximate surface area is 178 Å². The second-order valence-electron chi connectivity index (χ2n) is 8.93. The first-order valence-electron chi connectivity index (χ1n) is 10.8. The molecule has 1 unspecified atom stereocenters. The van der Waals surface area contributed by atoms with Crippen molar-refractivity contribution in [1.82, 2.24) is 15.1 Å². The Morgan fingerprint density at radius 2 is 1.73 bits per heavy atom. The van der Waals surface area contributed by atoms with Crippen LogP contribution in [0, 0.1) is 11.8 Å². The second-order valence-corrected chi connectivity index (χ2v) is 8.93. The summed E-state index contributed by atoms with van der Waals surface area (Å²) >= 11 is 0. The number of nitrogens with zero attached hydrogens (tertiary/aromatic N) is 2. The number of hydrogen-bond acceptors (Lipinski definition) is 4. The quantitative estimate of drug-likeness (QED) is 0.800. The van der Waals surface area contributed by atoms with E-state index in [-0.39, 0.29) is 30.2 Å². The SMILES string of the molecule is CC(C)CNC(=O)C1COC2(CCN(C(=O)C(C)C)CC2)N1C(=O)c1ccccc1. The molecule has 7 heteroatoms. The van der Waals surface area contributed by atoms with Crippen molar-refractivity contribution >= 4 is 17.7 Å². The molecule has 2 heterocycles. The third-order valence-corrected chi connectivity index (χ3v) is 5.84. The van der Waals surface area contributed by atoms with Crippen LogP contribution in [0.1, 0.15) is 50.9 Å². The molecule has 2 aliphatic heterocycles. The molecule has 30 heavy (non-hydrogen) atoms. The number of ether oxygens (including phenoxy) is 1. The van der Waals surface area contributed by atoms with Gasteiger partial charge in [-0.15, -0.1) is 0 Å². The number of nitrogens with one attached hydrogen (secondary N) is 1. The predicted molar refractivity (Wildman–Crippen MR) is 114 cm³/mol. The number of carbonyl (C=O) groups excluding carboxylic acids is 3. The molecule has 0 radical (unpaired) electrons. The first-order valence-corrected chi connectivity index (χ1v) is 10.8. The highest BCUT2D eigenvalue weighted by atomic mass is 16.5. The summed E-state index contributed by atoms with van der Waals surface area (Å²) in [7, 11) is 0. The molecule has 0 saturated carbocycles. The van der Waals surface area contributed by atoms with Gasteiger partial charge in [-0.1, -0.05) is 45.9 Å². The van der Waals surface area contributed by atoms with Gasteiger partial charge in [0.2, 0.25) is 11.8 Å². The maximum Gasteiger partial charge on any atom is 0.256 e. The molecule has 1 aromatic rings. The van der Waals surface area contributed by atoms with Crippen LogP contribution >= 0.6 is 0 Å². The first kappa shape index (κ1) is 22.3. The fraction of sp³-hybridized carbons (Fsp3) is 0.609. The summed E-state index contributed by atoms with van der Waals surface area (Å²) in [4.78, 5) is 42.3. The van der Waals surface area contributed by atoms with E-state index >= 15 is 0 Å². The molecule has 1 aromatic carbocycles. The Hall–Kier alpha value is -2.41. The van der Waals surface area contributed by atoms with Crippen LogP contribution in [0.5, 0.6) is 0 Å². The lowest BCUT2D eigenvalue weighted by Crippen LogP contribution is -2.60. The van der Waals surface area contributed by atoms with E-state index in [2.05, 4.69) is 5.32 Å². The number of hydrogen-bond donors (Lipinski definition) is 1. The van der Waals surface area contributed by atoms with Gasteiger partial charge in [0.25, 0.3) is 5.91 Å². The Morgan fingerprint density at radius 3 is 2.30 bits per heavy atom. The van der Waals surface area contributed by atoms with Crippen molar-refractivity contribution in [3.8, 4) is 0 Å².